The summed E-state index contributed by atoms with van der Waals surface area (Å²) in [6.07, 6.45) is -0.292. The van der Waals surface area contributed by atoms with Gasteiger partial charge in [0.15, 0.2) is 0 Å². The van der Waals surface area contributed by atoms with E-state index in [9.17, 15) is 9.59 Å². The van der Waals surface area contributed by atoms with Crippen molar-refractivity contribution in [3.05, 3.63) is 35.4 Å². The van der Waals surface area contributed by atoms with Crippen molar-refractivity contribution >= 4 is 11.9 Å². The van der Waals surface area contributed by atoms with E-state index in [0.717, 1.165) is 11.1 Å². The van der Waals surface area contributed by atoms with Gasteiger partial charge in [0.1, 0.15) is 0 Å². The summed E-state index contributed by atoms with van der Waals surface area (Å²) in [7, 11) is 1.56. The van der Waals surface area contributed by atoms with Crippen molar-refractivity contribution in [1.29, 1.82) is 0 Å². The Labute approximate surface area is 112 Å². The van der Waals surface area contributed by atoms with Crippen LogP contribution in [-0.2, 0) is 19.1 Å². The molecule has 0 aliphatic carbocycles. The van der Waals surface area contributed by atoms with Gasteiger partial charge >= 0.3 is 11.9 Å². The van der Waals surface area contributed by atoms with Crippen molar-refractivity contribution in [2.45, 2.75) is 20.0 Å². The molecule has 0 radical (unpaired) electrons. The molecule has 0 heterocycles. The molecule has 0 aromatic heterocycles. The third-order valence-corrected chi connectivity index (χ3v) is 2.73. The normalized spacial score (nSPS) is 11.7. The molecule has 5 heteroatoms. The molecule has 1 aromatic rings. The van der Waals surface area contributed by atoms with Crippen molar-refractivity contribution in [3.63, 3.8) is 0 Å². The fraction of sp³-hybridized carbons (Fsp3) is 0.429. The van der Waals surface area contributed by atoms with Crippen LogP contribution in [0, 0.1) is 6.92 Å². The summed E-state index contributed by atoms with van der Waals surface area (Å²) in [5, 5.41) is 2.51. The molecule has 0 saturated heterocycles. The molecule has 104 valence electrons. The van der Waals surface area contributed by atoms with Gasteiger partial charge in [0.25, 0.3) is 0 Å². The molecule has 0 aliphatic rings. The second kappa shape index (κ2) is 7.53. The van der Waals surface area contributed by atoms with Crippen LogP contribution < -0.4 is 5.32 Å². The van der Waals surface area contributed by atoms with E-state index in [0.29, 0.717) is 0 Å². The van der Waals surface area contributed by atoms with Gasteiger partial charge in [-0.25, -0.2) is 4.79 Å². The van der Waals surface area contributed by atoms with Crippen LogP contribution in [0.25, 0.3) is 0 Å². The Kier molecular flexibility index (Phi) is 6.02. The highest BCUT2D eigenvalue weighted by Gasteiger charge is 2.18. The summed E-state index contributed by atoms with van der Waals surface area (Å²) in [6, 6.07) is 7.73. The van der Waals surface area contributed by atoms with Crippen LogP contribution in [0.3, 0.4) is 0 Å². The lowest BCUT2D eigenvalue weighted by Gasteiger charge is -2.18. The Morgan fingerprint density at radius 1 is 1.32 bits per heavy atom. The topological polar surface area (TPSA) is 64.6 Å². The van der Waals surface area contributed by atoms with Crippen molar-refractivity contribution < 1.29 is 19.1 Å². The Morgan fingerprint density at radius 2 is 2.00 bits per heavy atom. The summed E-state index contributed by atoms with van der Waals surface area (Å²) in [5.74, 6) is -1.63. The Bertz CT molecular complexity index is 445. The standard InChI is InChI=1S/C14H19NO4/c1-4-19-14(17)13(16)15-9-12(18-3)11-8-6-5-7-10(11)2/h5-8,12H,4,9H2,1-3H3,(H,15,16). The molecule has 5 nitrogen and oxygen atoms in total. The van der Waals surface area contributed by atoms with E-state index in [1.165, 1.54) is 0 Å². The number of aryl methyl sites for hydroxylation is 1. The highest BCUT2D eigenvalue weighted by atomic mass is 16.5. The first-order valence-electron chi connectivity index (χ1n) is 6.13. The molecule has 1 rings (SSSR count). The van der Waals surface area contributed by atoms with E-state index in [4.69, 9.17) is 4.74 Å². The molecular weight excluding hydrogens is 246 g/mol. The second-order valence-corrected chi connectivity index (χ2v) is 4.01. The van der Waals surface area contributed by atoms with E-state index in [1.807, 2.05) is 31.2 Å². The number of nitrogens with one attached hydrogen (secondary N) is 1. The Hall–Kier alpha value is -1.88. The van der Waals surface area contributed by atoms with Gasteiger partial charge in [-0.3, -0.25) is 4.79 Å². The zero-order valence-electron chi connectivity index (χ0n) is 11.4. The third kappa shape index (κ3) is 4.37. The summed E-state index contributed by atoms with van der Waals surface area (Å²) in [5.41, 5.74) is 2.05. The molecule has 1 atom stereocenters. The fourth-order valence-corrected chi connectivity index (χ4v) is 1.72. The van der Waals surface area contributed by atoms with E-state index >= 15 is 0 Å². The zero-order valence-corrected chi connectivity index (χ0v) is 11.4. The SMILES string of the molecule is CCOC(=O)C(=O)NCC(OC)c1ccccc1C. The molecule has 1 N–H and O–H groups in total. The van der Waals surface area contributed by atoms with Crippen molar-refractivity contribution in [2.24, 2.45) is 0 Å². The van der Waals surface area contributed by atoms with Crippen LogP contribution in [-0.4, -0.2) is 32.1 Å². The van der Waals surface area contributed by atoms with E-state index in [-0.39, 0.29) is 19.3 Å². The smallest absolute Gasteiger partial charge is 0.396 e. The molecule has 0 spiro atoms. The lowest BCUT2D eigenvalue weighted by atomic mass is 10.0. The molecule has 0 aliphatic heterocycles. The maximum absolute atomic E-state index is 11.4. The highest BCUT2D eigenvalue weighted by molar-refractivity contribution is 6.32. The average molecular weight is 265 g/mol. The van der Waals surface area contributed by atoms with Crippen LogP contribution in [0.1, 0.15) is 24.2 Å². The van der Waals surface area contributed by atoms with Crippen molar-refractivity contribution in [1.82, 2.24) is 5.32 Å². The Balaban J connectivity index is 2.62. The second-order valence-electron chi connectivity index (χ2n) is 4.01. The minimum absolute atomic E-state index is 0.178. The number of benzene rings is 1. The first-order valence-corrected chi connectivity index (χ1v) is 6.13. The van der Waals surface area contributed by atoms with Gasteiger partial charge in [-0.05, 0) is 25.0 Å². The van der Waals surface area contributed by atoms with Crippen LogP contribution in [0.2, 0.25) is 0 Å². The number of rotatable bonds is 5. The van der Waals surface area contributed by atoms with Crippen molar-refractivity contribution in [2.75, 3.05) is 20.3 Å². The fourth-order valence-electron chi connectivity index (χ4n) is 1.72. The van der Waals surface area contributed by atoms with Crippen molar-refractivity contribution in [3.8, 4) is 0 Å². The maximum atomic E-state index is 11.4. The molecule has 0 saturated carbocycles. The molecule has 0 bridgehead atoms. The van der Waals surface area contributed by atoms with Crippen LogP contribution in [0.5, 0.6) is 0 Å². The van der Waals surface area contributed by atoms with Crippen LogP contribution >= 0.6 is 0 Å². The minimum Gasteiger partial charge on any atom is -0.459 e. The predicted octanol–water partition coefficient (Wildman–Crippen LogP) is 1.36. The third-order valence-electron chi connectivity index (χ3n) is 2.73. The largest absolute Gasteiger partial charge is 0.459 e. The quantitative estimate of drug-likeness (QED) is 0.645. The summed E-state index contributed by atoms with van der Waals surface area (Å²) < 4.78 is 9.95. The number of hydrogen-bond acceptors (Lipinski definition) is 4. The predicted molar refractivity (Wildman–Crippen MR) is 70.6 cm³/mol. The van der Waals surface area contributed by atoms with Gasteiger partial charge in [0.05, 0.1) is 12.7 Å². The van der Waals surface area contributed by atoms with Gasteiger partial charge < -0.3 is 14.8 Å². The van der Waals surface area contributed by atoms with Gasteiger partial charge in [-0.2, -0.15) is 0 Å². The summed E-state index contributed by atoms with van der Waals surface area (Å²) in [6.45, 7) is 4.02. The first-order chi connectivity index (χ1) is 9.10. The van der Waals surface area contributed by atoms with Crippen LogP contribution in [0.15, 0.2) is 24.3 Å². The molecular formula is C14H19NO4. The number of amides is 1. The first kappa shape index (κ1) is 15.2. The van der Waals surface area contributed by atoms with Gasteiger partial charge in [-0.1, -0.05) is 24.3 Å². The van der Waals surface area contributed by atoms with Gasteiger partial charge in [0, 0.05) is 13.7 Å². The number of carbonyl (C=O) groups is 2. The van der Waals surface area contributed by atoms with E-state index in [2.05, 4.69) is 10.1 Å². The van der Waals surface area contributed by atoms with Gasteiger partial charge in [-0.15, -0.1) is 0 Å². The lowest BCUT2D eigenvalue weighted by Crippen LogP contribution is -2.35. The summed E-state index contributed by atoms with van der Waals surface area (Å²) >= 11 is 0. The number of ether oxygens (including phenoxy) is 2. The number of hydrogen-bond donors (Lipinski definition) is 1. The lowest BCUT2D eigenvalue weighted by molar-refractivity contribution is -0.154. The number of methoxy groups -OCH3 is 1. The van der Waals surface area contributed by atoms with Gasteiger partial charge in [0.2, 0.25) is 0 Å². The van der Waals surface area contributed by atoms with E-state index < -0.39 is 11.9 Å². The average Bonchev–Trinajstić information content (AvgIpc) is 2.41. The van der Waals surface area contributed by atoms with E-state index in [1.54, 1.807) is 14.0 Å². The molecule has 1 unspecified atom stereocenters. The number of carbonyl (C=O) groups excluding carboxylic acids is 2. The monoisotopic (exact) mass is 265 g/mol. The molecule has 1 amide bonds. The molecule has 0 fully saturated rings. The number of esters is 1. The summed E-state index contributed by atoms with van der Waals surface area (Å²) in [4.78, 5) is 22.6. The Morgan fingerprint density at radius 3 is 2.58 bits per heavy atom. The zero-order chi connectivity index (χ0) is 14.3. The highest BCUT2D eigenvalue weighted by Crippen LogP contribution is 2.19. The van der Waals surface area contributed by atoms with Crippen LogP contribution in [0.4, 0.5) is 0 Å². The molecule has 1 aromatic carbocycles. The maximum Gasteiger partial charge on any atom is 0.396 e. The minimum atomic E-state index is -0.873. The molecule has 19 heavy (non-hydrogen) atoms.